The van der Waals surface area contributed by atoms with Crippen LogP contribution in [0.4, 0.5) is 10.5 Å². The Morgan fingerprint density at radius 2 is 1.62 bits per heavy atom. The number of urea groups is 1. The molecule has 0 radical (unpaired) electrons. The lowest BCUT2D eigenvalue weighted by Crippen LogP contribution is -2.34. The predicted octanol–water partition coefficient (Wildman–Crippen LogP) is 3.48. The standard InChI is InChI=1S/C22H24N4O5S/c1-5-31-21(27)20-15(3)24-26(16(20)4)18-10-8-17(9-11-18)23-22(28)25-32(29,30)19-12-6-14(2)7-13-19/h6-13H,5H2,1-4H3,(H2,23,25,28). The van der Waals surface area contributed by atoms with Gasteiger partial charge in [-0.2, -0.15) is 5.10 Å². The summed E-state index contributed by atoms with van der Waals surface area (Å²) in [7, 11) is -3.99. The highest BCUT2D eigenvalue weighted by atomic mass is 32.2. The van der Waals surface area contributed by atoms with Gasteiger partial charge in [0.1, 0.15) is 5.56 Å². The summed E-state index contributed by atoms with van der Waals surface area (Å²) in [6.45, 7) is 7.34. The molecule has 0 fully saturated rings. The number of carbonyl (C=O) groups excluding carboxylic acids is 2. The zero-order valence-corrected chi connectivity index (χ0v) is 19.0. The summed E-state index contributed by atoms with van der Waals surface area (Å²) in [5, 5.41) is 6.89. The van der Waals surface area contributed by atoms with Crippen molar-refractivity contribution < 1.29 is 22.7 Å². The van der Waals surface area contributed by atoms with Crippen LogP contribution in [-0.2, 0) is 14.8 Å². The van der Waals surface area contributed by atoms with Crippen LogP contribution in [0.15, 0.2) is 53.4 Å². The largest absolute Gasteiger partial charge is 0.462 e. The van der Waals surface area contributed by atoms with Gasteiger partial charge in [-0.25, -0.2) is 27.4 Å². The Kier molecular flexibility index (Phi) is 6.64. The van der Waals surface area contributed by atoms with Crippen molar-refractivity contribution in [3.8, 4) is 5.69 Å². The molecule has 0 saturated heterocycles. The third kappa shape index (κ3) is 4.97. The van der Waals surface area contributed by atoms with E-state index in [9.17, 15) is 18.0 Å². The van der Waals surface area contributed by atoms with Gasteiger partial charge >= 0.3 is 12.0 Å². The quantitative estimate of drug-likeness (QED) is 0.548. The van der Waals surface area contributed by atoms with Crippen molar-refractivity contribution in [2.24, 2.45) is 0 Å². The topological polar surface area (TPSA) is 119 Å². The molecule has 0 unspecified atom stereocenters. The van der Waals surface area contributed by atoms with Crippen molar-refractivity contribution >= 4 is 27.7 Å². The molecule has 9 nitrogen and oxygen atoms in total. The fourth-order valence-corrected chi connectivity index (χ4v) is 4.04. The Labute approximate surface area is 186 Å². The number of rotatable bonds is 6. The Bertz CT molecular complexity index is 1250. The number of sulfonamides is 1. The van der Waals surface area contributed by atoms with E-state index in [2.05, 4.69) is 10.4 Å². The van der Waals surface area contributed by atoms with E-state index in [1.165, 1.54) is 12.1 Å². The number of aryl methyl sites for hydroxylation is 2. The summed E-state index contributed by atoms with van der Waals surface area (Å²) in [4.78, 5) is 24.3. The predicted molar refractivity (Wildman–Crippen MR) is 120 cm³/mol. The van der Waals surface area contributed by atoms with E-state index in [-0.39, 0.29) is 11.5 Å². The third-order valence-corrected chi connectivity index (χ3v) is 6.05. The first-order chi connectivity index (χ1) is 15.1. The van der Waals surface area contributed by atoms with Crippen molar-refractivity contribution in [1.82, 2.24) is 14.5 Å². The molecule has 0 saturated carbocycles. The first kappa shape index (κ1) is 23.0. The average Bonchev–Trinajstić information content (AvgIpc) is 3.02. The maximum atomic E-state index is 12.3. The number of hydrogen-bond acceptors (Lipinski definition) is 6. The number of anilines is 1. The number of ether oxygens (including phenoxy) is 1. The highest BCUT2D eigenvalue weighted by molar-refractivity contribution is 7.90. The van der Waals surface area contributed by atoms with Gasteiger partial charge in [0, 0.05) is 5.69 Å². The number of nitrogens with zero attached hydrogens (tertiary/aromatic N) is 2. The number of hydrogen-bond donors (Lipinski definition) is 2. The molecule has 1 heterocycles. The number of aromatic nitrogens is 2. The maximum Gasteiger partial charge on any atom is 0.341 e. The van der Waals surface area contributed by atoms with Crippen molar-refractivity contribution in [3.05, 3.63) is 71.0 Å². The zero-order valence-electron chi connectivity index (χ0n) is 18.2. The second-order valence-electron chi connectivity index (χ2n) is 7.10. The van der Waals surface area contributed by atoms with Crippen molar-refractivity contribution in [2.45, 2.75) is 32.6 Å². The van der Waals surface area contributed by atoms with Crippen LogP contribution in [0.2, 0.25) is 0 Å². The van der Waals surface area contributed by atoms with Crippen LogP contribution in [0.1, 0.15) is 34.2 Å². The minimum Gasteiger partial charge on any atom is -0.462 e. The van der Waals surface area contributed by atoms with Crippen LogP contribution >= 0.6 is 0 Å². The van der Waals surface area contributed by atoms with E-state index >= 15 is 0 Å². The molecule has 10 heteroatoms. The molecule has 3 aromatic rings. The molecule has 32 heavy (non-hydrogen) atoms. The van der Waals surface area contributed by atoms with Gasteiger partial charge in [0.15, 0.2) is 0 Å². The summed E-state index contributed by atoms with van der Waals surface area (Å²) in [6, 6.07) is 11.9. The minimum absolute atomic E-state index is 0.00414. The summed E-state index contributed by atoms with van der Waals surface area (Å²) < 4.78 is 33.3. The molecule has 0 spiro atoms. The van der Waals surface area contributed by atoms with Crippen LogP contribution in [0.3, 0.4) is 0 Å². The van der Waals surface area contributed by atoms with Crippen molar-refractivity contribution in [1.29, 1.82) is 0 Å². The average molecular weight is 457 g/mol. The van der Waals surface area contributed by atoms with Gasteiger partial charge in [0.2, 0.25) is 0 Å². The third-order valence-electron chi connectivity index (χ3n) is 4.70. The molecule has 0 aliphatic carbocycles. The Hall–Kier alpha value is -3.66. The minimum atomic E-state index is -3.99. The Balaban J connectivity index is 1.72. The second kappa shape index (κ2) is 9.23. The van der Waals surface area contributed by atoms with Gasteiger partial charge in [-0.05, 0) is 64.1 Å². The highest BCUT2D eigenvalue weighted by Gasteiger charge is 2.21. The maximum absolute atomic E-state index is 12.3. The van der Waals surface area contributed by atoms with Crippen molar-refractivity contribution in [3.63, 3.8) is 0 Å². The highest BCUT2D eigenvalue weighted by Crippen LogP contribution is 2.20. The molecule has 1 aromatic heterocycles. The molecule has 0 aliphatic heterocycles. The molecule has 3 rings (SSSR count). The van der Waals surface area contributed by atoms with Crippen LogP contribution in [0.5, 0.6) is 0 Å². The molecular weight excluding hydrogens is 432 g/mol. The van der Waals surface area contributed by atoms with Gasteiger partial charge < -0.3 is 10.1 Å². The van der Waals surface area contributed by atoms with Gasteiger partial charge in [-0.1, -0.05) is 17.7 Å². The van der Waals surface area contributed by atoms with E-state index in [1.54, 1.807) is 61.9 Å². The SMILES string of the molecule is CCOC(=O)c1c(C)nn(-c2ccc(NC(=O)NS(=O)(=O)c3ccc(C)cc3)cc2)c1C. The van der Waals surface area contributed by atoms with E-state index < -0.39 is 22.0 Å². The molecule has 2 amide bonds. The molecular formula is C22H24N4O5S. The number of benzene rings is 2. The fourth-order valence-electron chi connectivity index (χ4n) is 3.13. The monoisotopic (exact) mass is 456 g/mol. The summed E-state index contributed by atoms with van der Waals surface area (Å²) in [5.74, 6) is -0.432. The molecule has 0 atom stereocenters. The van der Waals surface area contributed by atoms with Crippen LogP contribution in [-0.4, -0.2) is 36.8 Å². The van der Waals surface area contributed by atoms with E-state index in [0.29, 0.717) is 28.3 Å². The summed E-state index contributed by atoms with van der Waals surface area (Å²) in [6.07, 6.45) is 0. The number of nitrogens with one attached hydrogen (secondary N) is 2. The lowest BCUT2D eigenvalue weighted by atomic mass is 10.2. The van der Waals surface area contributed by atoms with Crippen LogP contribution < -0.4 is 10.0 Å². The van der Waals surface area contributed by atoms with Gasteiger partial charge in [-0.3, -0.25) is 0 Å². The summed E-state index contributed by atoms with van der Waals surface area (Å²) in [5.41, 5.74) is 3.55. The van der Waals surface area contributed by atoms with Crippen LogP contribution in [0, 0.1) is 20.8 Å². The van der Waals surface area contributed by atoms with E-state index in [0.717, 1.165) is 5.56 Å². The van der Waals surface area contributed by atoms with Crippen LogP contribution in [0.25, 0.3) is 5.69 Å². The number of amides is 2. The van der Waals surface area contributed by atoms with Gasteiger partial charge in [0.05, 0.1) is 28.6 Å². The zero-order chi connectivity index (χ0) is 23.5. The van der Waals surface area contributed by atoms with E-state index in [4.69, 9.17) is 4.74 Å². The normalized spacial score (nSPS) is 11.1. The van der Waals surface area contributed by atoms with Crippen molar-refractivity contribution in [2.75, 3.05) is 11.9 Å². The lowest BCUT2D eigenvalue weighted by molar-refractivity contribution is 0.0524. The molecule has 2 N–H and O–H groups in total. The molecule has 0 bridgehead atoms. The smallest absolute Gasteiger partial charge is 0.341 e. The first-order valence-corrected chi connectivity index (χ1v) is 11.3. The number of esters is 1. The van der Waals surface area contributed by atoms with E-state index in [1.807, 2.05) is 11.6 Å². The first-order valence-electron chi connectivity index (χ1n) is 9.86. The molecule has 0 aliphatic rings. The summed E-state index contributed by atoms with van der Waals surface area (Å²) >= 11 is 0. The van der Waals surface area contributed by atoms with Gasteiger partial charge in [0.25, 0.3) is 10.0 Å². The Morgan fingerprint density at radius 1 is 1.00 bits per heavy atom. The number of carbonyl (C=O) groups is 2. The second-order valence-corrected chi connectivity index (χ2v) is 8.78. The molecule has 2 aromatic carbocycles. The lowest BCUT2D eigenvalue weighted by Gasteiger charge is -2.10. The Morgan fingerprint density at radius 3 is 2.22 bits per heavy atom. The van der Waals surface area contributed by atoms with Gasteiger partial charge in [-0.15, -0.1) is 0 Å². The molecule has 168 valence electrons. The fraction of sp³-hybridized carbons (Fsp3) is 0.227.